The Morgan fingerprint density at radius 2 is 1.90 bits per heavy atom. The van der Waals surface area contributed by atoms with E-state index in [1.807, 2.05) is 18.2 Å². The molecule has 0 N–H and O–H groups in total. The van der Waals surface area contributed by atoms with E-state index in [1.165, 1.54) is 0 Å². The third-order valence-corrected chi connectivity index (χ3v) is 2.98. The van der Waals surface area contributed by atoms with E-state index in [1.54, 1.807) is 24.3 Å². The zero-order valence-corrected chi connectivity index (χ0v) is 11.3. The minimum Gasteiger partial charge on any atom is -0.462 e. The minimum absolute atomic E-state index is 0.246. The summed E-state index contributed by atoms with van der Waals surface area (Å²) in [5.74, 6) is 12.0. The number of rotatable bonds is 3. The van der Waals surface area contributed by atoms with Crippen molar-refractivity contribution in [2.24, 2.45) is 5.92 Å². The molecule has 0 heterocycles. The molecule has 1 aromatic carbocycles. The Morgan fingerprint density at radius 1 is 1.15 bits per heavy atom. The first-order valence-electron chi connectivity index (χ1n) is 6.70. The van der Waals surface area contributed by atoms with E-state index in [0.29, 0.717) is 12.2 Å². The molecule has 0 aliphatic heterocycles. The number of hydrogen-bond donors (Lipinski definition) is 0. The molecular weight excluding hydrogens is 248 g/mol. The molecule has 2 rings (SSSR count). The molecule has 1 unspecified atom stereocenters. The first-order valence-corrected chi connectivity index (χ1v) is 6.70. The lowest BCUT2D eigenvalue weighted by atomic mass is 10.0. The van der Waals surface area contributed by atoms with Gasteiger partial charge >= 0.3 is 5.97 Å². The Labute approximate surface area is 119 Å². The second kappa shape index (κ2) is 7.87. The van der Waals surface area contributed by atoms with Gasteiger partial charge in [0.25, 0.3) is 0 Å². The van der Waals surface area contributed by atoms with Gasteiger partial charge in [-0.1, -0.05) is 41.9 Å². The van der Waals surface area contributed by atoms with Crippen molar-refractivity contribution >= 4 is 5.97 Å². The highest BCUT2D eigenvalue weighted by molar-refractivity contribution is 5.89. The van der Waals surface area contributed by atoms with Crippen LogP contribution in [0.2, 0.25) is 0 Å². The number of allylic oxidation sites excluding steroid dienone is 2. The van der Waals surface area contributed by atoms with Crippen LogP contribution in [0.5, 0.6) is 0 Å². The van der Waals surface area contributed by atoms with E-state index in [2.05, 4.69) is 23.7 Å². The molecule has 0 saturated heterocycles. The summed E-state index contributed by atoms with van der Waals surface area (Å²) in [7, 11) is 0. The number of carbonyl (C=O) groups is 1. The molecule has 100 valence electrons. The van der Waals surface area contributed by atoms with Gasteiger partial charge in [-0.2, -0.15) is 0 Å². The standard InChI is InChI=1S/C18H16O2/c19-18(17-13-9-6-10-14-17)20-15-16-11-7-4-2-1-3-5-8-12-16/h1-2,6,9-10,13-14,16H,8,11-12,15H2/b2-1-. The van der Waals surface area contributed by atoms with Gasteiger partial charge in [0.1, 0.15) is 0 Å². The zero-order chi connectivity index (χ0) is 14.0. The van der Waals surface area contributed by atoms with Gasteiger partial charge in [0.05, 0.1) is 12.2 Å². The molecule has 1 aromatic rings. The molecule has 0 amide bonds. The minimum atomic E-state index is -0.276. The van der Waals surface area contributed by atoms with Crippen LogP contribution in [0, 0.1) is 29.6 Å². The quantitative estimate of drug-likeness (QED) is 0.619. The average Bonchev–Trinajstić information content (AvgIpc) is 2.51. The van der Waals surface area contributed by atoms with Gasteiger partial charge in [-0.25, -0.2) is 4.79 Å². The van der Waals surface area contributed by atoms with Gasteiger partial charge in [-0.05, 0) is 30.7 Å². The monoisotopic (exact) mass is 264 g/mol. The first kappa shape index (κ1) is 14.0. The third-order valence-electron chi connectivity index (χ3n) is 2.98. The van der Waals surface area contributed by atoms with E-state index >= 15 is 0 Å². The highest BCUT2D eigenvalue weighted by Crippen LogP contribution is 2.13. The maximum absolute atomic E-state index is 11.9. The topological polar surface area (TPSA) is 26.3 Å². The van der Waals surface area contributed by atoms with Crippen molar-refractivity contribution in [2.75, 3.05) is 6.61 Å². The Hall–Kier alpha value is -2.45. The number of esters is 1. The molecule has 20 heavy (non-hydrogen) atoms. The summed E-state index contributed by atoms with van der Waals surface area (Å²) < 4.78 is 5.36. The molecule has 0 saturated carbocycles. The average molecular weight is 264 g/mol. The lowest BCUT2D eigenvalue weighted by Crippen LogP contribution is -2.14. The SMILES string of the molecule is O=C(OCC1CC#C/C=C\C#CCC1)c1ccccc1. The molecule has 1 atom stereocenters. The van der Waals surface area contributed by atoms with Gasteiger partial charge < -0.3 is 4.74 Å². The Morgan fingerprint density at radius 3 is 2.70 bits per heavy atom. The molecule has 0 bridgehead atoms. The van der Waals surface area contributed by atoms with Crippen LogP contribution in [0.25, 0.3) is 0 Å². The van der Waals surface area contributed by atoms with Crippen LogP contribution in [-0.4, -0.2) is 12.6 Å². The summed E-state index contributed by atoms with van der Waals surface area (Å²) >= 11 is 0. The van der Waals surface area contributed by atoms with E-state index in [4.69, 9.17) is 4.74 Å². The van der Waals surface area contributed by atoms with Gasteiger partial charge in [0.2, 0.25) is 0 Å². The lowest BCUT2D eigenvalue weighted by molar-refractivity contribution is 0.0436. The van der Waals surface area contributed by atoms with Crippen molar-refractivity contribution in [1.29, 1.82) is 0 Å². The number of ether oxygens (including phenoxy) is 1. The third kappa shape index (κ3) is 4.67. The molecule has 2 nitrogen and oxygen atoms in total. The van der Waals surface area contributed by atoms with Crippen LogP contribution in [0.4, 0.5) is 0 Å². The lowest BCUT2D eigenvalue weighted by Gasteiger charge is -2.13. The van der Waals surface area contributed by atoms with Crippen molar-refractivity contribution in [2.45, 2.75) is 19.3 Å². The Balaban J connectivity index is 1.88. The van der Waals surface area contributed by atoms with Crippen LogP contribution in [0.15, 0.2) is 42.5 Å². The van der Waals surface area contributed by atoms with E-state index < -0.39 is 0 Å². The van der Waals surface area contributed by atoms with Gasteiger partial charge in [-0.3, -0.25) is 0 Å². The molecule has 0 radical (unpaired) electrons. The number of hydrogen-bond acceptors (Lipinski definition) is 2. The number of carbonyl (C=O) groups excluding carboxylic acids is 1. The van der Waals surface area contributed by atoms with Crippen molar-refractivity contribution in [3.8, 4) is 23.7 Å². The number of benzene rings is 1. The molecule has 1 aliphatic carbocycles. The fraction of sp³-hybridized carbons (Fsp3) is 0.278. The van der Waals surface area contributed by atoms with E-state index in [-0.39, 0.29) is 11.9 Å². The van der Waals surface area contributed by atoms with Crippen LogP contribution in [-0.2, 0) is 4.74 Å². The Kier molecular flexibility index (Phi) is 5.50. The van der Waals surface area contributed by atoms with Crippen molar-refractivity contribution < 1.29 is 9.53 Å². The van der Waals surface area contributed by atoms with Gasteiger partial charge in [0.15, 0.2) is 0 Å². The molecule has 1 aliphatic rings. The second-order valence-corrected chi connectivity index (χ2v) is 4.55. The maximum atomic E-state index is 11.9. The molecule has 0 fully saturated rings. The van der Waals surface area contributed by atoms with Crippen LogP contribution in [0.3, 0.4) is 0 Å². The fourth-order valence-corrected chi connectivity index (χ4v) is 1.85. The summed E-state index contributed by atoms with van der Waals surface area (Å²) in [6, 6.07) is 9.04. The van der Waals surface area contributed by atoms with Crippen molar-refractivity contribution in [3.05, 3.63) is 48.0 Å². The highest BCUT2D eigenvalue weighted by atomic mass is 16.5. The predicted molar refractivity (Wildman–Crippen MR) is 78.8 cm³/mol. The Bertz CT molecular complexity index is 591. The molecule has 2 heteroatoms. The molecule has 0 aromatic heterocycles. The maximum Gasteiger partial charge on any atom is 0.338 e. The van der Waals surface area contributed by atoms with Crippen molar-refractivity contribution in [1.82, 2.24) is 0 Å². The fourth-order valence-electron chi connectivity index (χ4n) is 1.85. The predicted octanol–water partition coefficient (Wildman–Crippen LogP) is 3.21. The van der Waals surface area contributed by atoms with Crippen LogP contribution >= 0.6 is 0 Å². The summed E-state index contributed by atoms with van der Waals surface area (Å²) in [5.41, 5.74) is 0.584. The van der Waals surface area contributed by atoms with E-state index in [9.17, 15) is 4.79 Å². The summed E-state index contributed by atoms with van der Waals surface area (Å²) in [6.07, 6.45) is 5.96. The zero-order valence-electron chi connectivity index (χ0n) is 11.3. The summed E-state index contributed by atoms with van der Waals surface area (Å²) in [4.78, 5) is 11.9. The second-order valence-electron chi connectivity index (χ2n) is 4.55. The van der Waals surface area contributed by atoms with E-state index in [0.717, 1.165) is 19.3 Å². The first-order chi connectivity index (χ1) is 9.86. The summed E-state index contributed by atoms with van der Waals surface area (Å²) in [6.45, 7) is 0.397. The van der Waals surface area contributed by atoms with Gasteiger partial charge in [0, 0.05) is 18.8 Å². The normalized spacial score (nSPS) is 18.7. The highest BCUT2D eigenvalue weighted by Gasteiger charge is 2.12. The van der Waals surface area contributed by atoms with Crippen LogP contribution in [0.1, 0.15) is 29.6 Å². The summed E-state index contributed by atoms with van der Waals surface area (Å²) in [5, 5.41) is 0. The largest absolute Gasteiger partial charge is 0.462 e. The van der Waals surface area contributed by atoms with Crippen molar-refractivity contribution in [3.63, 3.8) is 0 Å². The smallest absolute Gasteiger partial charge is 0.338 e. The van der Waals surface area contributed by atoms with Crippen LogP contribution < -0.4 is 0 Å². The molecule has 0 spiro atoms. The van der Waals surface area contributed by atoms with Gasteiger partial charge in [-0.15, -0.1) is 0 Å². The molecular formula is C18H16O2.